The van der Waals surface area contributed by atoms with Crippen molar-refractivity contribution < 1.29 is 18.0 Å². The summed E-state index contributed by atoms with van der Waals surface area (Å²) in [5, 5.41) is 6.53. The third kappa shape index (κ3) is 5.06. The zero-order valence-electron chi connectivity index (χ0n) is 17.9. The Morgan fingerprint density at radius 3 is 2.48 bits per heavy atom. The number of pyridine rings is 1. The van der Waals surface area contributed by atoms with Gasteiger partial charge in [-0.3, -0.25) is 9.78 Å². The Morgan fingerprint density at radius 1 is 1.00 bits per heavy atom. The number of aryl methyl sites for hydroxylation is 2. The van der Waals surface area contributed by atoms with Gasteiger partial charge in [0.1, 0.15) is 0 Å². The molecular formula is C25H20F3N3OS. The number of carbonyl (C=O) groups excluding carboxylic acids is 1. The van der Waals surface area contributed by atoms with Gasteiger partial charge in [0.2, 0.25) is 0 Å². The zero-order chi connectivity index (χ0) is 23.6. The smallest absolute Gasteiger partial charge is 0.322 e. The fourth-order valence-corrected chi connectivity index (χ4v) is 3.99. The summed E-state index contributed by atoms with van der Waals surface area (Å²) in [6, 6.07) is 15.6. The molecule has 0 aliphatic rings. The Morgan fingerprint density at radius 2 is 1.82 bits per heavy atom. The fraction of sp³-hybridized carbons (Fsp3) is 0.120. The number of anilines is 4. The van der Waals surface area contributed by atoms with E-state index in [0.29, 0.717) is 5.56 Å². The van der Waals surface area contributed by atoms with Gasteiger partial charge in [0.05, 0.1) is 23.1 Å². The van der Waals surface area contributed by atoms with E-state index in [0.717, 1.165) is 40.5 Å². The molecule has 2 heterocycles. The van der Waals surface area contributed by atoms with E-state index in [1.807, 2.05) is 53.8 Å². The molecule has 0 fully saturated rings. The van der Waals surface area contributed by atoms with Gasteiger partial charge in [-0.25, -0.2) is 0 Å². The molecule has 168 valence electrons. The van der Waals surface area contributed by atoms with Crippen molar-refractivity contribution in [2.24, 2.45) is 0 Å². The van der Waals surface area contributed by atoms with Crippen LogP contribution in [0.5, 0.6) is 0 Å². The number of alkyl halides is 3. The summed E-state index contributed by atoms with van der Waals surface area (Å²) in [5.74, 6) is -0.497. The highest BCUT2D eigenvalue weighted by atomic mass is 32.1. The molecule has 0 spiro atoms. The first kappa shape index (κ1) is 22.5. The number of hydrogen-bond donors (Lipinski definition) is 1. The minimum atomic E-state index is -4.49. The van der Waals surface area contributed by atoms with E-state index in [1.165, 1.54) is 12.1 Å². The van der Waals surface area contributed by atoms with E-state index in [9.17, 15) is 18.0 Å². The first-order valence-corrected chi connectivity index (χ1v) is 11.0. The number of hydrogen-bond acceptors (Lipinski definition) is 4. The van der Waals surface area contributed by atoms with Crippen molar-refractivity contribution >= 4 is 40.0 Å². The monoisotopic (exact) mass is 467 g/mol. The van der Waals surface area contributed by atoms with Crippen LogP contribution in [-0.4, -0.2) is 10.9 Å². The number of benzene rings is 2. The summed E-state index contributed by atoms with van der Waals surface area (Å²) >= 11 is 1.55. The highest BCUT2D eigenvalue weighted by Gasteiger charge is 2.30. The summed E-state index contributed by atoms with van der Waals surface area (Å²) in [4.78, 5) is 19.3. The Balaban J connectivity index is 1.69. The summed E-state index contributed by atoms with van der Waals surface area (Å²) in [6.45, 7) is 3.84. The number of rotatable bonds is 5. The lowest BCUT2D eigenvalue weighted by Gasteiger charge is -2.26. The maximum atomic E-state index is 13.0. The van der Waals surface area contributed by atoms with Gasteiger partial charge in [-0.05, 0) is 73.3 Å². The van der Waals surface area contributed by atoms with Crippen molar-refractivity contribution in [3.05, 3.63) is 100 Å². The van der Waals surface area contributed by atoms with Crippen LogP contribution in [0.15, 0.2) is 77.6 Å². The molecule has 0 saturated heterocycles. The van der Waals surface area contributed by atoms with Gasteiger partial charge in [0.25, 0.3) is 5.91 Å². The van der Waals surface area contributed by atoms with Crippen molar-refractivity contribution in [2.75, 3.05) is 10.2 Å². The molecule has 4 nitrogen and oxygen atoms in total. The fourth-order valence-electron chi connectivity index (χ4n) is 3.37. The highest BCUT2D eigenvalue weighted by molar-refractivity contribution is 7.08. The average Bonchev–Trinajstić information content (AvgIpc) is 3.30. The minimum absolute atomic E-state index is 0.0781. The molecule has 0 aliphatic carbocycles. The molecule has 1 N–H and O–H groups in total. The first-order chi connectivity index (χ1) is 15.7. The van der Waals surface area contributed by atoms with Crippen LogP contribution in [0.2, 0.25) is 0 Å². The number of thiophene rings is 1. The van der Waals surface area contributed by atoms with E-state index in [-0.39, 0.29) is 5.69 Å². The Kier molecular flexibility index (Phi) is 6.20. The number of amides is 1. The SMILES string of the molecule is Cc1ccc(N(c2ccsc2)c2cc(C(=O)Nc3cccc(C(F)(F)F)c3)ccc2C)cn1. The number of aromatic nitrogens is 1. The molecule has 2 aromatic carbocycles. The summed E-state index contributed by atoms with van der Waals surface area (Å²) < 4.78 is 39.0. The quantitative estimate of drug-likeness (QED) is 0.331. The lowest BCUT2D eigenvalue weighted by atomic mass is 10.1. The highest BCUT2D eigenvalue weighted by Crippen LogP contribution is 2.38. The number of carbonyl (C=O) groups is 1. The molecule has 0 atom stereocenters. The molecule has 0 unspecified atom stereocenters. The number of nitrogens with zero attached hydrogens (tertiary/aromatic N) is 2. The van der Waals surface area contributed by atoms with Gasteiger partial charge in [-0.1, -0.05) is 12.1 Å². The Hall–Kier alpha value is -3.65. The first-order valence-electron chi connectivity index (χ1n) is 10.1. The summed E-state index contributed by atoms with van der Waals surface area (Å²) in [7, 11) is 0. The molecule has 0 radical (unpaired) electrons. The van der Waals surface area contributed by atoms with Crippen LogP contribution in [0.25, 0.3) is 0 Å². The van der Waals surface area contributed by atoms with Crippen molar-refractivity contribution in [3.63, 3.8) is 0 Å². The van der Waals surface area contributed by atoms with Gasteiger partial charge >= 0.3 is 6.18 Å². The van der Waals surface area contributed by atoms with Crippen LogP contribution in [0.4, 0.5) is 35.9 Å². The van der Waals surface area contributed by atoms with Crippen molar-refractivity contribution in [2.45, 2.75) is 20.0 Å². The largest absolute Gasteiger partial charge is 0.416 e. The third-order valence-corrected chi connectivity index (χ3v) is 5.75. The van der Waals surface area contributed by atoms with E-state index < -0.39 is 17.6 Å². The molecule has 1 amide bonds. The lowest BCUT2D eigenvalue weighted by Crippen LogP contribution is -2.16. The van der Waals surface area contributed by atoms with Crippen LogP contribution in [0, 0.1) is 13.8 Å². The molecule has 0 saturated carbocycles. The topological polar surface area (TPSA) is 45.2 Å². The second-order valence-electron chi connectivity index (χ2n) is 7.51. The second kappa shape index (κ2) is 9.07. The predicted octanol–water partition coefficient (Wildman–Crippen LogP) is 7.50. The van der Waals surface area contributed by atoms with Crippen molar-refractivity contribution in [3.8, 4) is 0 Å². The maximum absolute atomic E-state index is 13.0. The molecular weight excluding hydrogens is 447 g/mol. The van der Waals surface area contributed by atoms with Gasteiger partial charge in [-0.2, -0.15) is 24.5 Å². The Bertz CT molecular complexity index is 1270. The van der Waals surface area contributed by atoms with Crippen molar-refractivity contribution in [1.82, 2.24) is 4.98 Å². The average molecular weight is 468 g/mol. The molecule has 2 aromatic heterocycles. The van der Waals surface area contributed by atoms with E-state index in [2.05, 4.69) is 10.3 Å². The minimum Gasteiger partial charge on any atom is -0.322 e. The third-order valence-electron chi connectivity index (χ3n) is 5.08. The number of nitrogens with one attached hydrogen (secondary N) is 1. The zero-order valence-corrected chi connectivity index (χ0v) is 18.7. The van der Waals surface area contributed by atoms with E-state index in [4.69, 9.17) is 0 Å². The summed E-state index contributed by atoms with van der Waals surface area (Å²) in [5.41, 5.74) is 3.92. The maximum Gasteiger partial charge on any atom is 0.416 e. The van der Waals surface area contributed by atoms with Crippen LogP contribution < -0.4 is 10.2 Å². The second-order valence-corrected chi connectivity index (χ2v) is 8.29. The molecule has 4 aromatic rings. The van der Waals surface area contributed by atoms with Crippen LogP contribution in [-0.2, 0) is 6.18 Å². The van der Waals surface area contributed by atoms with Gasteiger partial charge < -0.3 is 10.2 Å². The van der Waals surface area contributed by atoms with Crippen LogP contribution >= 0.6 is 11.3 Å². The number of halogens is 3. The normalized spacial score (nSPS) is 11.3. The predicted molar refractivity (Wildman–Crippen MR) is 126 cm³/mol. The van der Waals surface area contributed by atoms with Crippen molar-refractivity contribution in [1.29, 1.82) is 0 Å². The Labute approximate surface area is 193 Å². The molecule has 0 aliphatic heterocycles. The molecule has 8 heteroatoms. The van der Waals surface area contributed by atoms with Gasteiger partial charge in [0, 0.05) is 28.0 Å². The molecule has 0 bridgehead atoms. The molecule has 33 heavy (non-hydrogen) atoms. The van der Waals surface area contributed by atoms with Gasteiger partial charge in [0.15, 0.2) is 0 Å². The summed E-state index contributed by atoms with van der Waals surface area (Å²) in [6.07, 6.45) is -2.72. The lowest BCUT2D eigenvalue weighted by molar-refractivity contribution is -0.137. The van der Waals surface area contributed by atoms with Gasteiger partial charge in [-0.15, -0.1) is 0 Å². The standard InChI is InChI=1S/C25H20F3N3OS/c1-16-6-8-18(24(32)30-20-5-3-4-19(13-20)25(26,27)28)12-23(16)31(22-10-11-33-15-22)21-9-7-17(2)29-14-21/h3-15H,1-2H3,(H,30,32). The van der Waals surface area contributed by atoms with Crippen LogP contribution in [0.3, 0.4) is 0 Å². The molecule has 4 rings (SSSR count). The van der Waals surface area contributed by atoms with E-state index in [1.54, 1.807) is 29.7 Å². The van der Waals surface area contributed by atoms with Crippen LogP contribution in [0.1, 0.15) is 27.2 Å². The van der Waals surface area contributed by atoms with E-state index >= 15 is 0 Å².